The van der Waals surface area contributed by atoms with E-state index in [4.69, 9.17) is 4.74 Å². The van der Waals surface area contributed by atoms with Crippen LogP contribution in [0.25, 0.3) is 11.0 Å². The van der Waals surface area contributed by atoms with E-state index in [0.717, 1.165) is 6.29 Å². The predicted molar refractivity (Wildman–Crippen MR) is 104 cm³/mol. The Kier molecular flexibility index (Phi) is 5.68. The Balaban J connectivity index is 1.72. The van der Waals surface area contributed by atoms with Gasteiger partial charge in [0.1, 0.15) is 28.7 Å². The lowest BCUT2D eigenvalue weighted by molar-refractivity contribution is -0.110. The molecule has 1 aromatic heterocycles. The number of halogens is 2. The number of rotatable bonds is 5. The summed E-state index contributed by atoms with van der Waals surface area (Å²) in [4.78, 5) is 32.5. The van der Waals surface area contributed by atoms with Crippen LogP contribution in [0.3, 0.4) is 0 Å². The highest BCUT2D eigenvalue weighted by molar-refractivity contribution is 5.80. The highest BCUT2D eigenvalue weighted by atomic mass is 19.1. The first-order chi connectivity index (χ1) is 13.6. The molecule has 9 heteroatoms. The van der Waals surface area contributed by atoms with Crippen molar-refractivity contribution >= 4 is 29.2 Å². The van der Waals surface area contributed by atoms with Crippen LogP contribution in [0.2, 0.25) is 0 Å². The molecule has 1 aliphatic carbocycles. The first-order valence-electron chi connectivity index (χ1n) is 9.39. The molecule has 1 N–H and O–H groups in total. The molecule has 0 saturated carbocycles. The maximum absolute atomic E-state index is 14.9. The van der Waals surface area contributed by atoms with Crippen molar-refractivity contribution in [2.75, 3.05) is 25.5 Å². The molecule has 7 nitrogen and oxygen atoms in total. The third-order valence-electron chi connectivity index (χ3n) is 4.67. The number of carbonyl (C=O) groups excluding carboxylic acids is 2. The minimum absolute atomic E-state index is 0.149. The van der Waals surface area contributed by atoms with Gasteiger partial charge in [-0.2, -0.15) is 0 Å². The topological polar surface area (TPSA) is 84.4 Å². The number of carbonyl (C=O) groups is 2. The van der Waals surface area contributed by atoms with Gasteiger partial charge in [0.25, 0.3) is 0 Å². The van der Waals surface area contributed by atoms with Gasteiger partial charge < -0.3 is 19.7 Å². The first kappa shape index (κ1) is 20.9. The molecule has 1 aliphatic rings. The number of amides is 1. The van der Waals surface area contributed by atoms with Gasteiger partial charge in [0.05, 0.1) is 6.20 Å². The number of aldehydes is 1. The highest BCUT2D eigenvalue weighted by Crippen LogP contribution is 2.34. The van der Waals surface area contributed by atoms with Gasteiger partial charge in [-0.1, -0.05) is 0 Å². The molecule has 0 bridgehead atoms. The Bertz CT molecular complexity index is 959. The molecule has 1 amide bonds. The summed E-state index contributed by atoms with van der Waals surface area (Å²) in [6.45, 7) is 5.98. The summed E-state index contributed by atoms with van der Waals surface area (Å²) < 4.78 is 34.8. The van der Waals surface area contributed by atoms with Gasteiger partial charge in [0.2, 0.25) is 0 Å². The van der Waals surface area contributed by atoms with E-state index in [0.29, 0.717) is 13.1 Å². The van der Waals surface area contributed by atoms with Crippen molar-refractivity contribution in [1.29, 1.82) is 0 Å². The van der Waals surface area contributed by atoms with E-state index in [2.05, 4.69) is 15.3 Å². The molecule has 1 aromatic carbocycles. The summed E-state index contributed by atoms with van der Waals surface area (Å²) in [5.41, 5.74) is -0.500. The Morgan fingerprint density at radius 1 is 1.28 bits per heavy atom. The number of nitrogens with one attached hydrogen (secondary N) is 1. The quantitative estimate of drug-likeness (QED) is 0.768. The Labute approximate surface area is 167 Å². The number of hydrogen-bond acceptors (Lipinski definition) is 6. The fraction of sp³-hybridized carbons (Fsp3) is 0.500. The van der Waals surface area contributed by atoms with Crippen molar-refractivity contribution in [2.45, 2.75) is 39.2 Å². The summed E-state index contributed by atoms with van der Waals surface area (Å²) >= 11 is 0. The van der Waals surface area contributed by atoms with Crippen LogP contribution in [0.4, 0.5) is 19.4 Å². The molecule has 1 atom stereocenters. The zero-order chi connectivity index (χ0) is 21.3. The smallest absolute Gasteiger partial charge is 0.410 e. The second-order valence-electron chi connectivity index (χ2n) is 8.17. The molecule has 156 valence electrons. The van der Waals surface area contributed by atoms with Crippen molar-refractivity contribution in [2.24, 2.45) is 5.92 Å². The molecular formula is C20H24F2N4O3. The fourth-order valence-electron chi connectivity index (χ4n) is 3.24. The van der Waals surface area contributed by atoms with Gasteiger partial charge in [-0.25, -0.2) is 23.5 Å². The number of hydrogen-bond donors (Lipinski definition) is 1. The third-order valence-corrected chi connectivity index (χ3v) is 4.67. The van der Waals surface area contributed by atoms with Crippen LogP contribution in [0, 0.1) is 17.6 Å². The van der Waals surface area contributed by atoms with E-state index >= 15 is 0 Å². The molecule has 0 spiro atoms. The number of nitrogens with zero attached hydrogens (tertiary/aromatic N) is 3. The minimum atomic E-state index is -0.636. The van der Waals surface area contributed by atoms with Crippen molar-refractivity contribution in [3.05, 3.63) is 29.0 Å². The van der Waals surface area contributed by atoms with Crippen LogP contribution >= 0.6 is 0 Å². The summed E-state index contributed by atoms with van der Waals surface area (Å²) in [7, 11) is 1.60. The van der Waals surface area contributed by atoms with Gasteiger partial charge >= 0.3 is 6.09 Å². The normalized spacial score (nSPS) is 15.9. The van der Waals surface area contributed by atoms with E-state index in [-0.39, 0.29) is 40.8 Å². The Morgan fingerprint density at radius 3 is 2.48 bits per heavy atom. The lowest BCUT2D eigenvalue weighted by atomic mass is 10.1. The minimum Gasteiger partial charge on any atom is -0.444 e. The van der Waals surface area contributed by atoms with Crippen molar-refractivity contribution < 1.29 is 23.1 Å². The van der Waals surface area contributed by atoms with Gasteiger partial charge in [0, 0.05) is 26.1 Å². The lowest BCUT2D eigenvalue weighted by Crippen LogP contribution is -2.36. The molecule has 0 radical (unpaired) electrons. The molecule has 0 fully saturated rings. The largest absolute Gasteiger partial charge is 0.444 e. The maximum Gasteiger partial charge on any atom is 0.410 e. The number of anilines is 1. The summed E-state index contributed by atoms with van der Waals surface area (Å²) in [6, 6.07) is 0. The van der Waals surface area contributed by atoms with Gasteiger partial charge in [-0.15, -0.1) is 0 Å². The van der Waals surface area contributed by atoms with Crippen LogP contribution in [0.1, 0.15) is 31.9 Å². The highest BCUT2D eigenvalue weighted by Gasteiger charge is 2.30. The number of ether oxygens (including phenoxy) is 1. The maximum atomic E-state index is 14.9. The third kappa shape index (κ3) is 4.44. The molecule has 0 aliphatic heterocycles. The van der Waals surface area contributed by atoms with E-state index in [9.17, 15) is 18.4 Å². The SMILES string of the molecule is CN(CCNc1cnc2c(F)c3c(c(F)c2n1)CC(C=O)C3)C(=O)OC(C)(C)C. The summed E-state index contributed by atoms with van der Waals surface area (Å²) in [6.07, 6.45) is 1.92. The number of fused-ring (bicyclic) bond motifs is 2. The second-order valence-corrected chi connectivity index (χ2v) is 8.17. The van der Waals surface area contributed by atoms with Crippen LogP contribution in [0.15, 0.2) is 6.20 Å². The van der Waals surface area contributed by atoms with Crippen LogP contribution in [0.5, 0.6) is 0 Å². The van der Waals surface area contributed by atoms with Crippen molar-refractivity contribution in [3.8, 4) is 0 Å². The molecule has 1 heterocycles. The molecule has 1 unspecified atom stereocenters. The van der Waals surface area contributed by atoms with E-state index in [1.54, 1.807) is 27.8 Å². The lowest BCUT2D eigenvalue weighted by Gasteiger charge is -2.24. The molecule has 0 saturated heterocycles. The molecule has 2 aromatic rings. The average molecular weight is 406 g/mol. The fourth-order valence-corrected chi connectivity index (χ4v) is 3.24. The number of benzene rings is 1. The predicted octanol–water partition coefficient (Wildman–Crippen LogP) is 3.10. The molecular weight excluding hydrogens is 382 g/mol. The van der Waals surface area contributed by atoms with E-state index in [1.807, 2.05) is 0 Å². The van der Waals surface area contributed by atoms with Crippen LogP contribution < -0.4 is 5.32 Å². The van der Waals surface area contributed by atoms with Crippen molar-refractivity contribution in [3.63, 3.8) is 0 Å². The average Bonchev–Trinajstić information content (AvgIpc) is 3.09. The van der Waals surface area contributed by atoms with Crippen molar-refractivity contribution in [1.82, 2.24) is 14.9 Å². The van der Waals surface area contributed by atoms with Gasteiger partial charge in [-0.3, -0.25) is 0 Å². The zero-order valence-electron chi connectivity index (χ0n) is 16.9. The monoisotopic (exact) mass is 406 g/mol. The van der Waals surface area contributed by atoms with Gasteiger partial charge in [-0.05, 0) is 44.7 Å². The molecule has 29 heavy (non-hydrogen) atoms. The zero-order valence-corrected chi connectivity index (χ0v) is 16.9. The standard InChI is InChI=1S/C20H24F2N4O3/c1-20(2,3)29-19(28)26(4)6-5-23-14-9-24-17-15(21)12-7-11(10-27)8-13(12)16(22)18(17)25-14/h9-11H,5-8H2,1-4H3,(H,23,25). The van der Waals surface area contributed by atoms with Crippen LogP contribution in [-0.2, 0) is 22.4 Å². The summed E-state index contributed by atoms with van der Waals surface area (Å²) in [5.74, 6) is -1.42. The van der Waals surface area contributed by atoms with Gasteiger partial charge in [0.15, 0.2) is 11.6 Å². The number of likely N-dealkylation sites (N-methyl/N-ethyl adjacent to an activating group) is 1. The Hall–Kier alpha value is -2.84. The van der Waals surface area contributed by atoms with E-state index < -0.39 is 29.2 Å². The Morgan fingerprint density at radius 2 is 1.90 bits per heavy atom. The number of aromatic nitrogens is 2. The molecule has 3 rings (SSSR count). The van der Waals surface area contributed by atoms with E-state index in [1.165, 1.54) is 11.1 Å². The first-order valence-corrected chi connectivity index (χ1v) is 9.39. The second kappa shape index (κ2) is 7.88. The summed E-state index contributed by atoms with van der Waals surface area (Å²) in [5, 5.41) is 2.95. The van der Waals surface area contributed by atoms with Crippen LogP contribution in [-0.4, -0.2) is 53.0 Å².